The van der Waals surface area contributed by atoms with E-state index < -0.39 is 17.4 Å². The Kier molecular flexibility index (Phi) is 4.70. The minimum atomic E-state index is -1.15. The maximum Gasteiger partial charge on any atom is 0.329 e. The summed E-state index contributed by atoms with van der Waals surface area (Å²) in [4.78, 5) is 24.0. The Bertz CT molecular complexity index is 524. The van der Waals surface area contributed by atoms with E-state index in [-0.39, 0.29) is 5.76 Å². The number of hydrogen-bond acceptors (Lipinski definition) is 3. The Labute approximate surface area is 124 Å². The minimum absolute atomic E-state index is 0.203. The molecule has 5 heteroatoms. The molecule has 0 aliphatic heterocycles. The molecule has 0 aromatic carbocycles. The van der Waals surface area contributed by atoms with Crippen LogP contribution in [0, 0.1) is 6.92 Å². The van der Waals surface area contributed by atoms with E-state index in [0.717, 1.165) is 37.0 Å². The first-order valence-corrected chi connectivity index (χ1v) is 7.64. The summed E-state index contributed by atoms with van der Waals surface area (Å²) < 4.78 is 5.52. The van der Waals surface area contributed by atoms with Crippen LogP contribution in [-0.2, 0) is 11.2 Å². The van der Waals surface area contributed by atoms with E-state index in [0.29, 0.717) is 19.3 Å². The molecule has 1 heterocycles. The average Bonchev–Trinajstić information content (AvgIpc) is 2.67. The summed E-state index contributed by atoms with van der Waals surface area (Å²) in [6.45, 7) is 3.84. The molecule has 2 rings (SSSR count). The molecule has 1 fully saturated rings. The smallest absolute Gasteiger partial charge is 0.329 e. The van der Waals surface area contributed by atoms with Gasteiger partial charge in [0.25, 0.3) is 5.91 Å². The Morgan fingerprint density at radius 3 is 2.38 bits per heavy atom. The number of carbonyl (C=O) groups excluding carboxylic acids is 1. The van der Waals surface area contributed by atoms with Crippen LogP contribution in [0.2, 0.25) is 0 Å². The van der Waals surface area contributed by atoms with Crippen LogP contribution in [0.1, 0.15) is 67.3 Å². The number of nitrogens with one attached hydrogen (secondary N) is 1. The van der Waals surface area contributed by atoms with Gasteiger partial charge in [0.1, 0.15) is 11.3 Å². The molecular weight excluding hydrogens is 270 g/mol. The molecule has 1 aromatic rings. The lowest BCUT2D eigenvalue weighted by Gasteiger charge is -2.28. The molecular formula is C16H23NO4. The van der Waals surface area contributed by atoms with Crippen LogP contribution in [-0.4, -0.2) is 22.5 Å². The predicted molar refractivity (Wildman–Crippen MR) is 78.4 cm³/mol. The Morgan fingerprint density at radius 1 is 1.29 bits per heavy atom. The summed E-state index contributed by atoms with van der Waals surface area (Å²) in [5.74, 6) is -0.404. The van der Waals surface area contributed by atoms with Crippen molar-refractivity contribution in [2.75, 3.05) is 0 Å². The van der Waals surface area contributed by atoms with Gasteiger partial charge in [0, 0.05) is 6.42 Å². The van der Waals surface area contributed by atoms with Gasteiger partial charge in [0.2, 0.25) is 0 Å². The van der Waals surface area contributed by atoms with E-state index in [2.05, 4.69) is 5.32 Å². The zero-order chi connectivity index (χ0) is 15.5. The van der Waals surface area contributed by atoms with Gasteiger partial charge in [-0.1, -0.05) is 32.6 Å². The quantitative estimate of drug-likeness (QED) is 0.836. The Balaban J connectivity index is 2.19. The number of amides is 1. The third kappa shape index (κ3) is 3.28. The molecule has 116 valence electrons. The van der Waals surface area contributed by atoms with Crippen molar-refractivity contribution < 1.29 is 19.1 Å². The van der Waals surface area contributed by atoms with Crippen LogP contribution < -0.4 is 5.32 Å². The molecule has 0 spiro atoms. The van der Waals surface area contributed by atoms with E-state index in [9.17, 15) is 14.7 Å². The van der Waals surface area contributed by atoms with Crippen LogP contribution in [0.4, 0.5) is 0 Å². The van der Waals surface area contributed by atoms with Gasteiger partial charge in [-0.05, 0) is 31.4 Å². The molecule has 21 heavy (non-hydrogen) atoms. The highest BCUT2D eigenvalue weighted by Crippen LogP contribution is 2.28. The maximum absolute atomic E-state index is 12.3. The van der Waals surface area contributed by atoms with Gasteiger partial charge in [0.15, 0.2) is 5.76 Å². The third-order valence-electron chi connectivity index (χ3n) is 4.28. The number of hydrogen-bond donors (Lipinski definition) is 2. The highest BCUT2D eigenvalue weighted by Gasteiger charge is 2.40. The maximum atomic E-state index is 12.3. The lowest BCUT2D eigenvalue weighted by molar-refractivity contribution is -0.145. The molecule has 2 N–H and O–H groups in total. The molecule has 1 aliphatic rings. The first-order chi connectivity index (χ1) is 9.98. The second-order valence-corrected chi connectivity index (χ2v) is 5.83. The standard InChI is InChI=1S/C16H23NO4/c1-3-12-11(2)10-13(21-12)14(18)17-16(15(19)20)8-6-4-5-7-9-16/h10H,3-9H2,1-2H3,(H,17,18)(H,19,20). The first-order valence-electron chi connectivity index (χ1n) is 7.64. The fraction of sp³-hybridized carbons (Fsp3) is 0.625. The van der Waals surface area contributed by atoms with Crippen molar-refractivity contribution in [3.63, 3.8) is 0 Å². The number of carboxylic acids is 1. The molecule has 5 nitrogen and oxygen atoms in total. The van der Waals surface area contributed by atoms with Gasteiger partial charge in [-0.15, -0.1) is 0 Å². The summed E-state index contributed by atoms with van der Waals surface area (Å²) in [5.41, 5.74) is -0.228. The number of carboxylic acid groups (broad SMARTS) is 1. The first kappa shape index (κ1) is 15.6. The van der Waals surface area contributed by atoms with Crippen molar-refractivity contribution in [1.29, 1.82) is 0 Å². The van der Waals surface area contributed by atoms with E-state index in [4.69, 9.17) is 4.42 Å². The lowest BCUT2D eigenvalue weighted by atomic mass is 9.90. The number of carbonyl (C=O) groups is 2. The second kappa shape index (κ2) is 6.33. The van der Waals surface area contributed by atoms with Crippen LogP contribution in [0.3, 0.4) is 0 Å². The van der Waals surface area contributed by atoms with Gasteiger partial charge >= 0.3 is 5.97 Å². The third-order valence-corrected chi connectivity index (χ3v) is 4.28. The van der Waals surface area contributed by atoms with Crippen molar-refractivity contribution in [1.82, 2.24) is 5.32 Å². The molecule has 0 saturated heterocycles. The summed E-state index contributed by atoms with van der Waals surface area (Å²) in [7, 11) is 0. The zero-order valence-electron chi connectivity index (χ0n) is 12.7. The summed E-state index contributed by atoms with van der Waals surface area (Å²) in [5, 5.41) is 12.3. The predicted octanol–water partition coefficient (Wildman–Crippen LogP) is 3.06. The van der Waals surface area contributed by atoms with Gasteiger partial charge in [-0.3, -0.25) is 4.79 Å². The second-order valence-electron chi connectivity index (χ2n) is 5.83. The van der Waals surface area contributed by atoms with Gasteiger partial charge in [0.05, 0.1) is 0 Å². The van der Waals surface area contributed by atoms with E-state index in [1.807, 2.05) is 13.8 Å². The van der Waals surface area contributed by atoms with Gasteiger partial charge < -0.3 is 14.8 Å². The molecule has 1 aliphatic carbocycles. The monoisotopic (exact) mass is 293 g/mol. The molecule has 1 amide bonds. The topological polar surface area (TPSA) is 79.5 Å². The largest absolute Gasteiger partial charge is 0.480 e. The van der Waals surface area contributed by atoms with Gasteiger partial charge in [-0.25, -0.2) is 4.79 Å². The van der Waals surface area contributed by atoms with Crippen molar-refractivity contribution in [2.45, 2.75) is 64.3 Å². The van der Waals surface area contributed by atoms with Crippen molar-refractivity contribution in [3.8, 4) is 0 Å². The normalized spacial score (nSPS) is 18.0. The number of rotatable bonds is 4. The van der Waals surface area contributed by atoms with Crippen LogP contribution >= 0.6 is 0 Å². The van der Waals surface area contributed by atoms with Gasteiger partial charge in [-0.2, -0.15) is 0 Å². The average molecular weight is 293 g/mol. The highest BCUT2D eigenvalue weighted by molar-refractivity contribution is 5.96. The highest BCUT2D eigenvalue weighted by atomic mass is 16.4. The molecule has 0 bridgehead atoms. The van der Waals surface area contributed by atoms with Crippen molar-refractivity contribution in [3.05, 3.63) is 23.2 Å². The SMILES string of the molecule is CCc1oc(C(=O)NC2(C(=O)O)CCCCCC2)cc1C. The Hall–Kier alpha value is -1.78. The molecule has 1 saturated carbocycles. The summed E-state index contributed by atoms with van der Waals surface area (Å²) in [6.07, 6.45) is 5.36. The number of furan rings is 1. The van der Waals surface area contributed by atoms with E-state index in [1.165, 1.54) is 0 Å². The number of aryl methyl sites for hydroxylation is 2. The van der Waals surface area contributed by atoms with Crippen LogP contribution in [0.5, 0.6) is 0 Å². The lowest BCUT2D eigenvalue weighted by Crippen LogP contribution is -2.54. The molecule has 0 radical (unpaired) electrons. The van der Waals surface area contributed by atoms with Crippen molar-refractivity contribution >= 4 is 11.9 Å². The molecule has 1 aromatic heterocycles. The molecule has 0 atom stereocenters. The van der Waals surface area contributed by atoms with Crippen LogP contribution in [0.15, 0.2) is 10.5 Å². The van der Waals surface area contributed by atoms with E-state index >= 15 is 0 Å². The number of aliphatic carboxylic acids is 1. The Morgan fingerprint density at radius 2 is 1.90 bits per heavy atom. The molecule has 0 unspecified atom stereocenters. The minimum Gasteiger partial charge on any atom is -0.480 e. The summed E-state index contributed by atoms with van der Waals surface area (Å²) in [6, 6.07) is 1.68. The fourth-order valence-electron chi connectivity index (χ4n) is 2.99. The van der Waals surface area contributed by atoms with Crippen molar-refractivity contribution in [2.24, 2.45) is 0 Å². The van der Waals surface area contributed by atoms with E-state index in [1.54, 1.807) is 6.07 Å². The summed E-state index contributed by atoms with van der Waals surface area (Å²) >= 11 is 0. The zero-order valence-corrected chi connectivity index (χ0v) is 12.7. The van der Waals surface area contributed by atoms with Crippen LogP contribution in [0.25, 0.3) is 0 Å². The fourth-order valence-corrected chi connectivity index (χ4v) is 2.99.